The number of halogens is 1. The van der Waals surface area contributed by atoms with Gasteiger partial charge in [0.1, 0.15) is 5.02 Å². The highest BCUT2D eigenvalue weighted by Crippen LogP contribution is 2.27. The molecule has 1 aromatic carbocycles. The van der Waals surface area contributed by atoms with Crippen molar-refractivity contribution < 1.29 is 9.72 Å². The van der Waals surface area contributed by atoms with Crippen LogP contribution in [0.25, 0.3) is 5.69 Å². The van der Waals surface area contributed by atoms with Crippen molar-refractivity contribution in [3.63, 3.8) is 0 Å². The van der Waals surface area contributed by atoms with Crippen LogP contribution in [0.4, 0.5) is 5.69 Å². The first kappa shape index (κ1) is 13.2. The van der Waals surface area contributed by atoms with Crippen LogP contribution in [0.15, 0.2) is 18.2 Å². The van der Waals surface area contributed by atoms with Crippen molar-refractivity contribution >= 4 is 23.6 Å². The van der Waals surface area contributed by atoms with E-state index in [4.69, 9.17) is 11.6 Å². The van der Waals surface area contributed by atoms with Gasteiger partial charge in [-0.1, -0.05) is 11.6 Å². The number of nitro benzene ring substituents is 1. The quantitative estimate of drug-likeness (QED) is 0.492. The van der Waals surface area contributed by atoms with E-state index in [9.17, 15) is 14.9 Å². The zero-order valence-electron chi connectivity index (χ0n) is 10.3. The second-order valence-corrected chi connectivity index (χ2v) is 4.41. The second kappa shape index (κ2) is 4.81. The molecule has 1 aromatic heterocycles. The average Bonchev–Trinajstić information content (AvgIpc) is 2.64. The van der Waals surface area contributed by atoms with Crippen LogP contribution in [-0.2, 0) is 0 Å². The minimum atomic E-state index is -0.557. The van der Waals surface area contributed by atoms with Crippen LogP contribution in [0.3, 0.4) is 0 Å². The lowest BCUT2D eigenvalue weighted by molar-refractivity contribution is -0.384. The number of benzene rings is 1. The normalized spacial score (nSPS) is 10.5. The highest BCUT2D eigenvalue weighted by atomic mass is 35.5. The summed E-state index contributed by atoms with van der Waals surface area (Å²) in [6.07, 6.45) is 0.721. The molecule has 0 aliphatic carbocycles. The van der Waals surface area contributed by atoms with Gasteiger partial charge in [-0.2, -0.15) is 5.10 Å². The fourth-order valence-electron chi connectivity index (χ4n) is 1.85. The van der Waals surface area contributed by atoms with Gasteiger partial charge < -0.3 is 0 Å². The van der Waals surface area contributed by atoms with E-state index in [0.717, 1.165) is 6.29 Å². The van der Waals surface area contributed by atoms with Crippen LogP contribution in [0, 0.1) is 24.0 Å². The molecule has 0 spiro atoms. The van der Waals surface area contributed by atoms with Gasteiger partial charge in [-0.3, -0.25) is 14.9 Å². The van der Waals surface area contributed by atoms with Crippen molar-refractivity contribution in [3.8, 4) is 5.69 Å². The molecule has 0 unspecified atom stereocenters. The van der Waals surface area contributed by atoms with E-state index in [1.54, 1.807) is 19.9 Å². The Labute approximate surface area is 113 Å². The van der Waals surface area contributed by atoms with E-state index >= 15 is 0 Å². The highest BCUT2D eigenvalue weighted by molar-refractivity contribution is 6.32. The Morgan fingerprint density at radius 1 is 1.42 bits per heavy atom. The zero-order valence-corrected chi connectivity index (χ0v) is 11.0. The Kier molecular flexibility index (Phi) is 3.35. The fraction of sp³-hybridized carbons (Fsp3) is 0.167. The number of hydrogen-bond donors (Lipinski definition) is 0. The van der Waals surface area contributed by atoms with E-state index in [1.165, 1.54) is 16.8 Å². The molecular weight excluding hydrogens is 270 g/mol. The third-order valence-electron chi connectivity index (χ3n) is 2.84. The second-order valence-electron chi connectivity index (χ2n) is 4.01. The molecule has 98 valence electrons. The third kappa shape index (κ3) is 2.22. The standard InChI is InChI=1S/C12H10ClN3O3/c1-7-10(6-17)8(2)15(14-7)9-3-4-11(13)12(5-9)16(18)19/h3-6H,1-2H3. The number of carbonyl (C=O) groups excluding carboxylic acids is 1. The number of hydrogen-bond acceptors (Lipinski definition) is 4. The van der Waals surface area contributed by atoms with E-state index in [0.29, 0.717) is 22.6 Å². The van der Waals surface area contributed by atoms with Crippen LogP contribution < -0.4 is 0 Å². The first-order chi connectivity index (χ1) is 8.95. The summed E-state index contributed by atoms with van der Waals surface area (Å²) in [6, 6.07) is 4.38. The number of rotatable bonds is 3. The SMILES string of the molecule is Cc1nn(-c2ccc(Cl)c([N+](=O)[O-])c2)c(C)c1C=O. The van der Waals surface area contributed by atoms with Crippen LogP contribution in [-0.4, -0.2) is 21.0 Å². The lowest BCUT2D eigenvalue weighted by Crippen LogP contribution is -2.01. The van der Waals surface area contributed by atoms with E-state index in [-0.39, 0.29) is 10.7 Å². The Morgan fingerprint density at radius 2 is 2.11 bits per heavy atom. The van der Waals surface area contributed by atoms with Crippen molar-refractivity contribution in [2.24, 2.45) is 0 Å². The minimum Gasteiger partial charge on any atom is -0.298 e. The summed E-state index contributed by atoms with van der Waals surface area (Å²) in [6.45, 7) is 3.43. The van der Waals surface area contributed by atoms with Crippen molar-refractivity contribution in [1.29, 1.82) is 0 Å². The van der Waals surface area contributed by atoms with E-state index < -0.39 is 4.92 Å². The van der Waals surface area contributed by atoms with Crippen LogP contribution >= 0.6 is 11.6 Å². The molecule has 0 aliphatic rings. The van der Waals surface area contributed by atoms with Gasteiger partial charge in [0.05, 0.1) is 27.6 Å². The summed E-state index contributed by atoms with van der Waals surface area (Å²) in [7, 11) is 0. The maximum absolute atomic E-state index is 10.9. The summed E-state index contributed by atoms with van der Waals surface area (Å²) in [5, 5.41) is 15.1. The minimum absolute atomic E-state index is 0.0610. The van der Waals surface area contributed by atoms with Crippen LogP contribution in [0.1, 0.15) is 21.7 Å². The van der Waals surface area contributed by atoms with E-state index in [2.05, 4.69) is 5.10 Å². The number of nitrogens with zero attached hydrogens (tertiary/aromatic N) is 3. The summed E-state index contributed by atoms with van der Waals surface area (Å²) in [4.78, 5) is 21.2. The number of aldehydes is 1. The predicted octanol–water partition coefficient (Wildman–Crippen LogP) is 2.86. The number of aromatic nitrogens is 2. The summed E-state index contributed by atoms with van der Waals surface area (Å²) in [5.41, 5.74) is 1.98. The van der Waals surface area contributed by atoms with Crippen molar-refractivity contribution in [2.75, 3.05) is 0 Å². The maximum atomic E-state index is 10.9. The van der Waals surface area contributed by atoms with Gasteiger partial charge in [-0.25, -0.2) is 4.68 Å². The van der Waals surface area contributed by atoms with Crippen molar-refractivity contribution in [3.05, 3.63) is 50.3 Å². The Hall–Kier alpha value is -2.21. The maximum Gasteiger partial charge on any atom is 0.290 e. The third-order valence-corrected chi connectivity index (χ3v) is 3.16. The van der Waals surface area contributed by atoms with Crippen molar-refractivity contribution in [1.82, 2.24) is 9.78 Å². The molecule has 0 fully saturated rings. The number of carbonyl (C=O) groups is 1. The molecule has 0 atom stereocenters. The molecule has 0 saturated carbocycles. The monoisotopic (exact) mass is 279 g/mol. The molecule has 2 aromatic rings. The molecule has 2 rings (SSSR count). The Balaban J connectivity index is 2.63. The van der Waals surface area contributed by atoms with Gasteiger partial charge >= 0.3 is 0 Å². The van der Waals surface area contributed by atoms with Crippen LogP contribution in [0.2, 0.25) is 5.02 Å². The van der Waals surface area contributed by atoms with Gasteiger partial charge in [0.2, 0.25) is 0 Å². The first-order valence-electron chi connectivity index (χ1n) is 5.41. The largest absolute Gasteiger partial charge is 0.298 e. The summed E-state index contributed by atoms with van der Waals surface area (Å²) >= 11 is 5.75. The first-order valence-corrected chi connectivity index (χ1v) is 5.79. The summed E-state index contributed by atoms with van der Waals surface area (Å²) < 4.78 is 1.49. The molecule has 1 heterocycles. The van der Waals surface area contributed by atoms with Gasteiger partial charge in [0.25, 0.3) is 5.69 Å². The molecule has 0 N–H and O–H groups in total. The number of nitro groups is 1. The lowest BCUT2D eigenvalue weighted by Gasteiger charge is -2.05. The molecule has 0 aliphatic heterocycles. The lowest BCUT2D eigenvalue weighted by atomic mass is 10.2. The zero-order chi connectivity index (χ0) is 14.2. The Morgan fingerprint density at radius 3 is 2.63 bits per heavy atom. The molecule has 6 nitrogen and oxygen atoms in total. The van der Waals surface area contributed by atoms with Gasteiger partial charge in [0.15, 0.2) is 6.29 Å². The fourth-order valence-corrected chi connectivity index (χ4v) is 2.04. The van der Waals surface area contributed by atoms with Gasteiger partial charge in [-0.05, 0) is 26.0 Å². The van der Waals surface area contributed by atoms with Crippen molar-refractivity contribution in [2.45, 2.75) is 13.8 Å². The Bertz CT molecular complexity index is 679. The molecule has 19 heavy (non-hydrogen) atoms. The highest BCUT2D eigenvalue weighted by Gasteiger charge is 2.17. The smallest absolute Gasteiger partial charge is 0.290 e. The summed E-state index contributed by atoms with van der Waals surface area (Å²) in [5.74, 6) is 0. The molecule has 0 saturated heterocycles. The molecule has 0 radical (unpaired) electrons. The average molecular weight is 280 g/mol. The topological polar surface area (TPSA) is 78.0 Å². The van der Waals surface area contributed by atoms with Gasteiger partial charge in [-0.15, -0.1) is 0 Å². The molecular formula is C12H10ClN3O3. The number of aryl methyl sites for hydroxylation is 1. The van der Waals surface area contributed by atoms with Gasteiger partial charge in [0, 0.05) is 6.07 Å². The molecule has 7 heteroatoms. The van der Waals surface area contributed by atoms with E-state index in [1.807, 2.05) is 0 Å². The molecule has 0 amide bonds. The molecule has 0 bridgehead atoms. The predicted molar refractivity (Wildman–Crippen MR) is 70.1 cm³/mol. The van der Waals surface area contributed by atoms with Crippen LogP contribution in [0.5, 0.6) is 0 Å².